The van der Waals surface area contributed by atoms with Gasteiger partial charge in [-0.25, -0.2) is 4.79 Å². The molecule has 1 aromatic rings. The lowest BCUT2D eigenvalue weighted by atomic mass is 10.1. The Morgan fingerprint density at radius 3 is 2.48 bits per heavy atom. The molecule has 0 saturated carbocycles. The van der Waals surface area contributed by atoms with Crippen molar-refractivity contribution < 1.29 is 14.3 Å². The SMILES string of the molecule is COc1ccc(CNC(=O)NCCC(=O)N2CCCCCC2)cc1C. The Bertz CT molecular complexity index is 581. The first-order chi connectivity index (χ1) is 12.1. The van der Waals surface area contributed by atoms with E-state index in [9.17, 15) is 9.59 Å². The van der Waals surface area contributed by atoms with Crippen molar-refractivity contribution in [1.29, 1.82) is 0 Å². The second-order valence-corrected chi connectivity index (χ2v) is 6.46. The van der Waals surface area contributed by atoms with Crippen molar-refractivity contribution >= 4 is 11.9 Å². The third kappa shape index (κ3) is 6.29. The van der Waals surface area contributed by atoms with Crippen LogP contribution in [0.25, 0.3) is 0 Å². The molecule has 3 amide bonds. The van der Waals surface area contributed by atoms with Gasteiger partial charge >= 0.3 is 6.03 Å². The summed E-state index contributed by atoms with van der Waals surface area (Å²) in [5.74, 6) is 0.966. The molecule has 0 spiro atoms. The number of hydrogen-bond donors (Lipinski definition) is 2. The molecule has 1 heterocycles. The van der Waals surface area contributed by atoms with Gasteiger partial charge in [0.15, 0.2) is 0 Å². The Kier molecular flexibility index (Phi) is 7.57. The number of carbonyl (C=O) groups is 2. The molecular weight excluding hydrogens is 318 g/mol. The number of urea groups is 1. The van der Waals surface area contributed by atoms with Crippen LogP contribution in [-0.4, -0.2) is 43.6 Å². The smallest absolute Gasteiger partial charge is 0.315 e. The zero-order chi connectivity index (χ0) is 18.1. The van der Waals surface area contributed by atoms with Crippen molar-refractivity contribution in [2.75, 3.05) is 26.7 Å². The van der Waals surface area contributed by atoms with Gasteiger partial charge in [0.05, 0.1) is 7.11 Å². The van der Waals surface area contributed by atoms with E-state index in [4.69, 9.17) is 4.74 Å². The molecule has 1 aliphatic rings. The maximum Gasteiger partial charge on any atom is 0.315 e. The molecule has 25 heavy (non-hydrogen) atoms. The molecule has 2 rings (SSSR count). The van der Waals surface area contributed by atoms with E-state index >= 15 is 0 Å². The van der Waals surface area contributed by atoms with Crippen molar-refractivity contribution in [3.05, 3.63) is 29.3 Å². The normalized spacial score (nSPS) is 14.6. The first-order valence-corrected chi connectivity index (χ1v) is 9.03. The van der Waals surface area contributed by atoms with E-state index < -0.39 is 0 Å². The molecule has 0 aromatic heterocycles. The second kappa shape index (κ2) is 9.91. The Morgan fingerprint density at radius 2 is 1.84 bits per heavy atom. The molecule has 0 unspecified atom stereocenters. The van der Waals surface area contributed by atoms with E-state index in [1.165, 1.54) is 12.8 Å². The molecule has 0 atom stereocenters. The maximum atomic E-state index is 12.2. The molecule has 138 valence electrons. The van der Waals surface area contributed by atoms with Crippen LogP contribution in [0, 0.1) is 6.92 Å². The summed E-state index contributed by atoms with van der Waals surface area (Å²) in [6.45, 7) is 4.47. The van der Waals surface area contributed by atoms with E-state index in [0.717, 1.165) is 42.8 Å². The summed E-state index contributed by atoms with van der Waals surface area (Å²) in [6.07, 6.45) is 4.93. The standard InChI is InChI=1S/C19H29N3O3/c1-15-13-16(7-8-17(15)25-2)14-21-19(24)20-10-9-18(23)22-11-5-3-4-6-12-22/h7-8,13H,3-6,9-12,14H2,1-2H3,(H2,20,21,24). The van der Waals surface area contributed by atoms with Gasteiger partial charge < -0.3 is 20.3 Å². The minimum Gasteiger partial charge on any atom is -0.496 e. The molecule has 2 N–H and O–H groups in total. The molecule has 0 aliphatic carbocycles. The zero-order valence-electron chi connectivity index (χ0n) is 15.3. The van der Waals surface area contributed by atoms with Crippen LogP contribution in [0.3, 0.4) is 0 Å². The van der Waals surface area contributed by atoms with Crippen molar-refractivity contribution in [1.82, 2.24) is 15.5 Å². The lowest BCUT2D eigenvalue weighted by Crippen LogP contribution is -2.38. The summed E-state index contributed by atoms with van der Waals surface area (Å²) in [6, 6.07) is 5.55. The molecule has 0 radical (unpaired) electrons. The van der Waals surface area contributed by atoms with Crippen molar-refractivity contribution in [3.63, 3.8) is 0 Å². The minimum absolute atomic E-state index is 0.132. The molecule has 0 bridgehead atoms. The maximum absolute atomic E-state index is 12.2. The van der Waals surface area contributed by atoms with Gasteiger partial charge in [0, 0.05) is 32.6 Å². The van der Waals surface area contributed by atoms with Gasteiger partial charge in [-0.2, -0.15) is 0 Å². The summed E-state index contributed by atoms with van der Waals surface area (Å²) >= 11 is 0. The molecule has 1 saturated heterocycles. The number of ether oxygens (including phenoxy) is 1. The fourth-order valence-corrected chi connectivity index (χ4v) is 3.06. The number of carbonyl (C=O) groups excluding carboxylic acids is 2. The number of amides is 3. The Labute approximate surface area is 149 Å². The first kappa shape index (κ1) is 19.1. The fraction of sp³-hybridized carbons (Fsp3) is 0.579. The number of benzene rings is 1. The quantitative estimate of drug-likeness (QED) is 0.831. The molecule has 6 heteroatoms. The zero-order valence-corrected chi connectivity index (χ0v) is 15.3. The average molecular weight is 347 g/mol. The average Bonchev–Trinajstić information content (AvgIpc) is 2.89. The molecular formula is C19H29N3O3. The van der Waals surface area contributed by atoms with Crippen LogP contribution < -0.4 is 15.4 Å². The van der Waals surface area contributed by atoms with Crippen LogP contribution in [0.4, 0.5) is 4.79 Å². The molecule has 1 fully saturated rings. The van der Waals surface area contributed by atoms with E-state index in [2.05, 4.69) is 10.6 Å². The predicted octanol–water partition coefficient (Wildman–Crippen LogP) is 2.60. The lowest BCUT2D eigenvalue weighted by molar-refractivity contribution is -0.131. The van der Waals surface area contributed by atoms with Crippen molar-refractivity contribution in [2.24, 2.45) is 0 Å². The third-order valence-electron chi connectivity index (χ3n) is 4.50. The molecule has 1 aromatic carbocycles. The molecule has 6 nitrogen and oxygen atoms in total. The van der Waals surface area contributed by atoms with Gasteiger partial charge in [-0.15, -0.1) is 0 Å². The summed E-state index contributed by atoms with van der Waals surface area (Å²) in [5, 5.41) is 5.56. The highest BCUT2D eigenvalue weighted by molar-refractivity contribution is 5.78. The van der Waals surface area contributed by atoms with Crippen LogP contribution in [0.2, 0.25) is 0 Å². The van der Waals surface area contributed by atoms with Crippen LogP contribution in [-0.2, 0) is 11.3 Å². The van der Waals surface area contributed by atoms with E-state index in [1.807, 2.05) is 30.0 Å². The number of nitrogens with one attached hydrogen (secondary N) is 2. The summed E-state index contributed by atoms with van der Waals surface area (Å²) < 4.78 is 5.22. The van der Waals surface area contributed by atoms with Gasteiger partial charge in [-0.1, -0.05) is 25.0 Å². The monoisotopic (exact) mass is 347 g/mol. The van der Waals surface area contributed by atoms with Gasteiger partial charge in [0.2, 0.25) is 5.91 Å². The highest BCUT2D eigenvalue weighted by atomic mass is 16.5. The fourth-order valence-electron chi connectivity index (χ4n) is 3.06. The van der Waals surface area contributed by atoms with E-state index in [-0.39, 0.29) is 11.9 Å². The Morgan fingerprint density at radius 1 is 1.12 bits per heavy atom. The molecule has 1 aliphatic heterocycles. The second-order valence-electron chi connectivity index (χ2n) is 6.46. The Balaban J connectivity index is 1.66. The van der Waals surface area contributed by atoms with Crippen LogP contribution in [0.5, 0.6) is 5.75 Å². The number of aryl methyl sites for hydroxylation is 1. The summed E-state index contributed by atoms with van der Waals surface area (Å²) in [4.78, 5) is 25.9. The number of hydrogen-bond acceptors (Lipinski definition) is 3. The highest BCUT2D eigenvalue weighted by Crippen LogP contribution is 2.18. The highest BCUT2D eigenvalue weighted by Gasteiger charge is 2.15. The third-order valence-corrected chi connectivity index (χ3v) is 4.50. The van der Waals surface area contributed by atoms with Crippen molar-refractivity contribution in [2.45, 2.75) is 45.6 Å². The summed E-state index contributed by atoms with van der Waals surface area (Å²) in [5.41, 5.74) is 2.04. The number of rotatable bonds is 6. The van der Waals surface area contributed by atoms with Gasteiger partial charge in [-0.05, 0) is 37.0 Å². The van der Waals surface area contributed by atoms with E-state index in [0.29, 0.717) is 19.5 Å². The topological polar surface area (TPSA) is 70.7 Å². The van der Waals surface area contributed by atoms with Gasteiger partial charge in [0.25, 0.3) is 0 Å². The van der Waals surface area contributed by atoms with Crippen LogP contribution in [0.1, 0.15) is 43.2 Å². The number of nitrogens with zero attached hydrogens (tertiary/aromatic N) is 1. The van der Waals surface area contributed by atoms with Crippen molar-refractivity contribution in [3.8, 4) is 5.75 Å². The van der Waals surface area contributed by atoms with E-state index in [1.54, 1.807) is 7.11 Å². The minimum atomic E-state index is -0.253. The predicted molar refractivity (Wildman–Crippen MR) is 97.6 cm³/mol. The summed E-state index contributed by atoms with van der Waals surface area (Å²) in [7, 11) is 1.64. The number of likely N-dealkylation sites (tertiary alicyclic amines) is 1. The van der Waals surface area contributed by atoms with Gasteiger partial charge in [0.1, 0.15) is 5.75 Å². The van der Waals surface area contributed by atoms with Crippen LogP contribution in [0.15, 0.2) is 18.2 Å². The first-order valence-electron chi connectivity index (χ1n) is 9.03. The van der Waals surface area contributed by atoms with Crippen LogP contribution >= 0.6 is 0 Å². The van der Waals surface area contributed by atoms with Gasteiger partial charge in [-0.3, -0.25) is 4.79 Å². The lowest BCUT2D eigenvalue weighted by Gasteiger charge is -2.20. The number of methoxy groups -OCH3 is 1. The Hall–Kier alpha value is -2.24. The largest absolute Gasteiger partial charge is 0.496 e.